The van der Waals surface area contributed by atoms with Crippen LogP contribution in [0.25, 0.3) is 5.69 Å². The molecule has 1 aliphatic rings. The van der Waals surface area contributed by atoms with Crippen molar-refractivity contribution in [2.45, 2.75) is 24.5 Å². The number of benzene rings is 1. The molecule has 6 heteroatoms. The maximum Gasteiger partial charge on any atom is 0.319 e. The van der Waals surface area contributed by atoms with Gasteiger partial charge in [0.25, 0.3) is 0 Å². The highest BCUT2D eigenvalue weighted by Crippen LogP contribution is 2.46. The third-order valence-corrected chi connectivity index (χ3v) is 5.35. The summed E-state index contributed by atoms with van der Waals surface area (Å²) in [5.41, 5.74) is 2.55. The fourth-order valence-corrected chi connectivity index (χ4v) is 3.06. The Balaban J connectivity index is 1.68. The van der Waals surface area contributed by atoms with Gasteiger partial charge in [0, 0.05) is 17.5 Å². The van der Waals surface area contributed by atoms with Crippen LogP contribution in [0.5, 0.6) is 0 Å². The minimum absolute atomic E-state index is 0.170. The lowest BCUT2D eigenvalue weighted by Gasteiger charge is -2.15. The zero-order valence-electron chi connectivity index (χ0n) is 12.8. The molecule has 0 saturated heterocycles. The predicted molar refractivity (Wildman–Crippen MR) is 90.8 cm³/mol. The van der Waals surface area contributed by atoms with Crippen LogP contribution in [0, 0.1) is 6.92 Å². The summed E-state index contributed by atoms with van der Waals surface area (Å²) in [7, 11) is 0. The zero-order chi connectivity index (χ0) is 15.6. The average molecular weight is 316 g/mol. The van der Waals surface area contributed by atoms with Crippen LogP contribution in [0.15, 0.2) is 36.5 Å². The number of nitrogens with one attached hydrogen (secondary N) is 2. The summed E-state index contributed by atoms with van der Waals surface area (Å²) in [6, 6.07) is 9.42. The fourth-order valence-electron chi connectivity index (χ4n) is 2.33. The Morgan fingerprint density at radius 2 is 2.14 bits per heavy atom. The Labute approximate surface area is 134 Å². The summed E-state index contributed by atoms with van der Waals surface area (Å²) < 4.78 is 2.03. The highest BCUT2D eigenvalue weighted by molar-refractivity contribution is 8.00. The second kappa shape index (κ2) is 6.04. The standard InChI is InChI=1S/C16H20N4OS/c1-12-7-10-20(19-12)14-6-4-3-5-13(14)18-15(21)17-11-16(22-2)8-9-16/h3-7,10H,8-9,11H2,1-2H3,(H2,17,18,21). The number of carbonyl (C=O) groups excluding carboxylic acids is 1. The number of aryl methyl sites for hydroxylation is 1. The van der Waals surface area contributed by atoms with Gasteiger partial charge in [0.1, 0.15) is 0 Å². The molecule has 5 nitrogen and oxygen atoms in total. The van der Waals surface area contributed by atoms with E-state index < -0.39 is 0 Å². The first-order valence-electron chi connectivity index (χ1n) is 7.34. The number of nitrogens with zero attached hydrogens (tertiary/aromatic N) is 2. The van der Waals surface area contributed by atoms with E-state index in [-0.39, 0.29) is 10.8 Å². The van der Waals surface area contributed by atoms with Gasteiger partial charge >= 0.3 is 6.03 Å². The van der Waals surface area contributed by atoms with Gasteiger partial charge in [0.05, 0.1) is 17.1 Å². The topological polar surface area (TPSA) is 59.0 Å². The largest absolute Gasteiger partial charge is 0.336 e. The molecule has 0 unspecified atom stereocenters. The third-order valence-electron chi connectivity index (χ3n) is 3.93. The van der Waals surface area contributed by atoms with E-state index in [9.17, 15) is 4.79 Å². The number of hydrogen-bond donors (Lipinski definition) is 2. The second-order valence-corrected chi connectivity index (χ2v) is 6.89. The Morgan fingerprint density at radius 1 is 1.36 bits per heavy atom. The molecule has 1 aromatic heterocycles. The number of aromatic nitrogens is 2. The maximum absolute atomic E-state index is 12.1. The molecule has 1 heterocycles. The number of hydrogen-bond acceptors (Lipinski definition) is 3. The van der Waals surface area contributed by atoms with E-state index in [1.165, 1.54) is 12.8 Å². The third kappa shape index (κ3) is 3.27. The first-order chi connectivity index (χ1) is 10.6. The van der Waals surface area contributed by atoms with Crippen molar-refractivity contribution in [1.29, 1.82) is 0 Å². The number of rotatable bonds is 5. The van der Waals surface area contributed by atoms with E-state index in [0.717, 1.165) is 17.1 Å². The van der Waals surface area contributed by atoms with Crippen molar-refractivity contribution in [2.24, 2.45) is 0 Å². The molecule has 2 amide bonds. The van der Waals surface area contributed by atoms with Crippen molar-refractivity contribution in [3.05, 3.63) is 42.2 Å². The first kappa shape index (κ1) is 15.0. The van der Waals surface area contributed by atoms with Crippen LogP contribution in [0.1, 0.15) is 18.5 Å². The fraction of sp³-hybridized carbons (Fsp3) is 0.375. The number of anilines is 1. The quantitative estimate of drug-likeness (QED) is 0.890. The van der Waals surface area contributed by atoms with Crippen LogP contribution in [0.4, 0.5) is 10.5 Å². The lowest BCUT2D eigenvalue weighted by atomic mass is 10.2. The Hall–Kier alpha value is -1.95. The van der Waals surface area contributed by atoms with Crippen molar-refractivity contribution in [1.82, 2.24) is 15.1 Å². The molecular formula is C16H20N4OS. The van der Waals surface area contributed by atoms with Crippen molar-refractivity contribution in [3.63, 3.8) is 0 Å². The molecule has 22 heavy (non-hydrogen) atoms. The van der Waals surface area contributed by atoms with Gasteiger partial charge in [-0.05, 0) is 44.2 Å². The molecule has 2 N–H and O–H groups in total. The van der Waals surface area contributed by atoms with E-state index >= 15 is 0 Å². The van der Waals surface area contributed by atoms with Gasteiger partial charge in [-0.3, -0.25) is 0 Å². The molecule has 2 aromatic rings. The van der Waals surface area contributed by atoms with E-state index in [1.54, 1.807) is 4.68 Å². The number of urea groups is 1. The molecule has 0 aliphatic heterocycles. The van der Waals surface area contributed by atoms with Crippen molar-refractivity contribution in [3.8, 4) is 5.69 Å². The van der Waals surface area contributed by atoms with Gasteiger partial charge < -0.3 is 10.6 Å². The van der Waals surface area contributed by atoms with Gasteiger partial charge in [-0.25, -0.2) is 9.48 Å². The van der Waals surface area contributed by atoms with E-state index in [0.29, 0.717) is 6.54 Å². The number of para-hydroxylation sites is 2. The monoisotopic (exact) mass is 316 g/mol. The number of thioether (sulfide) groups is 1. The average Bonchev–Trinajstić information content (AvgIpc) is 3.19. The van der Waals surface area contributed by atoms with Crippen LogP contribution < -0.4 is 10.6 Å². The maximum atomic E-state index is 12.1. The van der Waals surface area contributed by atoms with Gasteiger partial charge in [-0.15, -0.1) is 0 Å². The molecule has 0 atom stereocenters. The van der Waals surface area contributed by atoms with Crippen molar-refractivity contribution >= 4 is 23.5 Å². The van der Waals surface area contributed by atoms with Crippen LogP contribution in [-0.4, -0.2) is 33.4 Å². The Morgan fingerprint density at radius 3 is 2.77 bits per heavy atom. The molecular weight excluding hydrogens is 296 g/mol. The number of carbonyl (C=O) groups is 1. The van der Waals surface area contributed by atoms with Crippen LogP contribution in [-0.2, 0) is 0 Å². The van der Waals surface area contributed by atoms with Gasteiger partial charge in [-0.2, -0.15) is 16.9 Å². The SMILES string of the molecule is CSC1(CNC(=O)Nc2ccccc2-n2ccc(C)n2)CC1. The normalized spacial score (nSPS) is 15.4. The summed E-state index contributed by atoms with van der Waals surface area (Å²) in [4.78, 5) is 12.1. The zero-order valence-corrected chi connectivity index (χ0v) is 13.6. The first-order valence-corrected chi connectivity index (χ1v) is 8.56. The Kier molecular flexibility index (Phi) is 4.11. The molecule has 3 rings (SSSR count). The molecule has 0 bridgehead atoms. The van der Waals surface area contributed by atoms with E-state index in [2.05, 4.69) is 22.0 Å². The smallest absolute Gasteiger partial charge is 0.319 e. The minimum atomic E-state index is -0.170. The highest BCUT2D eigenvalue weighted by Gasteiger charge is 2.41. The van der Waals surface area contributed by atoms with Gasteiger partial charge in [0.2, 0.25) is 0 Å². The van der Waals surface area contributed by atoms with Crippen molar-refractivity contribution < 1.29 is 4.79 Å². The molecule has 1 saturated carbocycles. The summed E-state index contributed by atoms with van der Waals surface area (Å²) in [5, 5.41) is 10.3. The van der Waals surface area contributed by atoms with Crippen LogP contribution in [0.3, 0.4) is 0 Å². The molecule has 1 fully saturated rings. The summed E-state index contributed by atoms with van der Waals surface area (Å²) >= 11 is 1.83. The minimum Gasteiger partial charge on any atom is -0.336 e. The molecule has 116 valence electrons. The summed E-state index contributed by atoms with van der Waals surface area (Å²) in [6.45, 7) is 2.65. The summed E-state index contributed by atoms with van der Waals surface area (Å²) in [6.07, 6.45) is 6.35. The lowest BCUT2D eigenvalue weighted by Crippen LogP contribution is -2.35. The molecule has 1 aliphatic carbocycles. The van der Waals surface area contributed by atoms with Gasteiger partial charge in [-0.1, -0.05) is 12.1 Å². The van der Waals surface area contributed by atoms with Gasteiger partial charge in [0.15, 0.2) is 0 Å². The lowest BCUT2D eigenvalue weighted by molar-refractivity contribution is 0.252. The van der Waals surface area contributed by atoms with E-state index in [4.69, 9.17) is 0 Å². The molecule has 1 aromatic carbocycles. The summed E-state index contributed by atoms with van der Waals surface area (Å²) in [5.74, 6) is 0. The van der Waals surface area contributed by atoms with Crippen molar-refractivity contribution in [2.75, 3.05) is 18.1 Å². The molecule has 0 spiro atoms. The highest BCUT2D eigenvalue weighted by atomic mass is 32.2. The second-order valence-electron chi connectivity index (χ2n) is 5.61. The molecule has 0 radical (unpaired) electrons. The van der Waals surface area contributed by atoms with Crippen LogP contribution in [0.2, 0.25) is 0 Å². The number of amides is 2. The van der Waals surface area contributed by atoms with Crippen LogP contribution >= 0.6 is 11.8 Å². The Bertz CT molecular complexity index is 678. The van der Waals surface area contributed by atoms with E-state index in [1.807, 2.05) is 55.2 Å². The predicted octanol–water partition coefficient (Wildman–Crippen LogP) is 3.20.